The first-order chi connectivity index (χ1) is 5.95. The van der Waals surface area contributed by atoms with Crippen LogP contribution in [-0.2, 0) is 19.1 Å². The second kappa shape index (κ2) is 8.95. The van der Waals surface area contributed by atoms with Gasteiger partial charge in [0.15, 0.2) is 6.10 Å². The Labute approximate surface area is 76.1 Å². The van der Waals surface area contributed by atoms with Gasteiger partial charge in [0.1, 0.15) is 6.61 Å². The van der Waals surface area contributed by atoms with Gasteiger partial charge in [0.2, 0.25) is 0 Å². The molecule has 13 heavy (non-hydrogen) atoms. The van der Waals surface area contributed by atoms with Crippen LogP contribution in [0.25, 0.3) is 0 Å². The van der Waals surface area contributed by atoms with Crippen LogP contribution in [0.4, 0.5) is 0 Å². The van der Waals surface area contributed by atoms with E-state index in [4.69, 9.17) is 10.2 Å². The molecule has 2 N–H and O–H groups in total. The second-order valence-electron chi connectivity index (χ2n) is 2.04. The summed E-state index contributed by atoms with van der Waals surface area (Å²) in [7, 11) is 2.70. The van der Waals surface area contributed by atoms with Gasteiger partial charge in [-0.25, -0.2) is 9.59 Å². The second-order valence-corrected chi connectivity index (χ2v) is 2.04. The summed E-state index contributed by atoms with van der Waals surface area (Å²) < 4.78 is 8.62. The molecule has 0 amide bonds. The minimum atomic E-state index is -0.933. The van der Waals surface area contributed by atoms with E-state index in [9.17, 15) is 9.59 Å². The number of hydrogen-bond donors (Lipinski definition) is 2. The zero-order valence-corrected chi connectivity index (χ0v) is 7.81. The molecule has 0 aromatic carbocycles. The van der Waals surface area contributed by atoms with Crippen LogP contribution in [0.2, 0.25) is 0 Å². The van der Waals surface area contributed by atoms with E-state index in [1.165, 1.54) is 21.1 Å². The minimum absolute atomic E-state index is 0.208. The van der Waals surface area contributed by atoms with Gasteiger partial charge in [0.25, 0.3) is 0 Å². The molecule has 0 aliphatic rings. The molecule has 0 rings (SSSR count). The van der Waals surface area contributed by atoms with Crippen LogP contribution in [0, 0.1) is 0 Å². The Balaban J connectivity index is 0. The van der Waals surface area contributed by atoms with Crippen LogP contribution in [0.3, 0.4) is 0 Å². The third-order valence-electron chi connectivity index (χ3n) is 0.969. The Morgan fingerprint density at radius 2 is 1.77 bits per heavy atom. The molecule has 78 valence electrons. The highest BCUT2D eigenvalue weighted by molar-refractivity contribution is 5.71. The first-order valence-electron chi connectivity index (χ1n) is 3.42. The van der Waals surface area contributed by atoms with Crippen LogP contribution in [-0.4, -0.2) is 49.1 Å². The summed E-state index contributed by atoms with van der Waals surface area (Å²) in [6, 6.07) is 0. The molecule has 0 aliphatic carbocycles. The first-order valence-corrected chi connectivity index (χ1v) is 3.42. The largest absolute Gasteiger partial charge is 0.480 e. The molecule has 1 atom stereocenters. The van der Waals surface area contributed by atoms with E-state index >= 15 is 0 Å². The Kier molecular flexibility index (Phi) is 9.91. The molecule has 1 unspecified atom stereocenters. The van der Waals surface area contributed by atoms with Gasteiger partial charge in [-0.2, -0.15) is 0 Å². The molecule has 0 heterocycles. The van der Waals surface area contributed by atoms with Crippen LogP contribution in [0.15, 0.2) is 0 Å². The lowest BCUT2D eigenvalue weighted by Crippen LogP contribution is -2.17. The lowest BCUT2D eigenvalue weighted by Gasteiger charge is -1.98. The molecule has 0 saturated heterocycles. The van der Waals surface area contributed by atoms with Crippen LogP contribution < -0.4 is 0 Å². The van der Waals surface area contributed by atoms with Crippen molar-refractivity contribution >= 4 is 11.9 Å². The topological polar surface area (TPSA) is 93.1 Å². The molecule has 0 bridgehead atoms. The van der Waals surface area contributed by atoms with Crippen molar-refractivity contribution in [3.05, 3.63) is 0 Å². The number of hydrogen-bond acceptors (Lipinski definition) is 4. The van der Waals surface area contributed by atoms with Gasteiger partial charge in [0, 0.05) is 14.2 Å². The van der Waals surface area contributed by atoms with Crippen molar-refractivity contribution in [3.63, 3.8) is 0 Å². The van der Waals surface area contributed by atoms with Gasteiger partial charge in [-0.1, -0.05) is 0 Å². The number of carbonyl (C=O) groups is 2. The number of aliphatic carboxylic acids is 2. The third-order valence-corrected chi connectivity index (χ3v) is 0.969. The summed E-state index contributed by atoms with van der Waals surface area (Å²) in [5.74, 6) is -1.86. The van der Waals surface area contributed by atoms with Crippen molar-refractivity contribution in [1.82, 2.24) is 0 Å². The van der Waals surface area contributed by atoms with Crippen molar-refractivity contribution in [2.75, 3.05) is 20.8 Å². The quantitative estimate of drug-likeness (QED) is 0.645. The summed E-state index contributed by atoms with van der Waals surface area (Å²) in [4.78, 5) is 19.3. The lowest BCUT2D eigenvalue weighted by atomic mass is 10.4. The standard InChI is InChI=1S/C4H8O3.C3H6O3/c1-3(7-2)4(5)6;1-6-2-3(4)5/h3H,1-2H3,(H,5,6);2H2,1H3,(H,4,5). The number of rotatable bonds is 4. The molecular weight excluding hydrogens is 180 g/mol. The highest BCUT2D eigenvalue weighted by Crippen LogP contribution is 1.83. The predicted octanol–water partition coefficient (Wildman–Crippen LogP) is -0.177. The Morgan fingerprint density at radius 1 is 1.31 bits per heavy atom. The van der Waals surface area contributed by atoms with Crippen molar-refractivity contribution in [1.29, 1.82) is 0 Å². The van der Waals surface area contributed by atoms with Gasteiger partial charge in [-0.05, 0) is 6.92 Å². The van der Waals surface area contributed by atoms with Gasteiger partial charge < -0.3 is 19.7 Å². The maximum atomic E-state index is 9.81. The van der Waals surface area contributed by atoms with Crippen LogP contribution in [0.5, 0.6) is 0 Å². The fraction of sp³-hybridized carbons (Fsp3) is 0.714. The molecule has 0 radical (unpaired) electrons. The average molecular weight is 194 g/mol. The van der Waals surface area contributed by atoms with E-state index < -0.39 is 18.0 Å². The van der Waals surface area contributed by atoms with Crippen LogP contribution >= 0.6 is 0 Å². The Bertz CT molecular complexity index is 155. The van der Waals surface area contributed by atoms with E-state index in [2.05, 4.69) is 9.47 Å². The highest BCUT2D eigenvalue weighted by Gasteiger charge is 2.06. The molecule has 0 aliphatic heterocycles. The van der Waals surface area contributed by atoms with Crippen molar-refractivity contribution in [2.45, 2.75) is 13.0 Å². The van der Waals surface area contributed by atoms with E-state index in [-0.39, 0.29) is 6.61 Å². The third kappa shape index (κ3) is 13.8. The zero-order valence-electron chi connectivity index (χ0n) is 7.81. The monoisotopic (exact) mass is 194 g/mol. The molecule has 6 heteroatoms. The van der Waals surface area contributed by atoms with Gasteiger partial charge in [-0.3, -0.25) is 0 Å². The fourth-order valence-corrected chi connectivity index (χ4v) is 0.224. The van der Waals surface area contributed by atoms with Gasteiger partial charge in [0.05, 0.1) is 0 Å². The summed E-state index contributed by atoms with van der Waals surface area (Å²) >= 11 is 0. The minimum Gasteiger partial charge on any atom is -0.480 e. The first kappa shape index (κ1) is 14.4. The number of methoxy groups -OCH3 is 2. The molecule has 0 aromatic rings. The fourth-order valence-electron chi connectivity index (χ4n) is 0.224. The van der Waals surface area contributed by atoms with Crippen molar-refractivity contribution in [3.8, 4) is 0 Å². The number of ether oxygens (including phenoxy) is 2. The van der Waals surface area contributed by atoms with Gasteiger partial charge >= 0.3 is 11.9 Å². The molecule has 6 nitrogen and oxygen atoms in total. The normalized spacial score (nSPS) is 11.0. The van der Waals surface area contributed by atoms with Crippen LogP contribution in [0.1, 0.15) is 6.92 Å². The molecule has 0 aromatic heterocycles. The predicted molar refractivity (Wildman–Crippen MR) is 43.6 cm³/mol. The molecule has 0 saturated carbocycles. The summed E-state index contributed by atoms with van der Waals surface area (Å²) in [5.41, 5.74) is 0. The van der Waals surface area contributed by atoms with E-state index in [1.807, 2.05) is 0 Å². The van der Waals surface area contributed by atoms with Crippen molar-refractivity contribution in [2.24, 2.45) is 0 Å². The Morgan fingerprint density at radius 3 is 1.77 bits per heavy atom. The smallest absolute Gasteiger partial charge is 0.332 e. The maximum Gasteiger partial charge on any atom is 0.332 e. The zero-order chi connectivity index (χ0) is 10.9. The maximum absolute atomic E-state index is 9.81. The number of carboxylic acids is 2. The summed E-state index contributed by atoms with van der Waals surface area (Å²) in [6.45, 7) is 1.27. The summed E-state index contributed by atoms with van der Waals surface area (Å²) in [6.07, 6.45) is -0.681. The lowest BCUT2D eigenvalue weighted by molar-refractivity contribution is -0.147. The number of carboxylic acid groups (broad SMARTS) is 2. The van der Waals surface area contributed by atoms with Crippen molar-refractivity contribution < 1.29 is 29.3 Å². The average Bonchev–Trinajstić information content (AvgIpc) is 2.03. The van der Waals surface area contributed by atoms with E-state index in [1.54, 1.807) is 0 Å². The highest BCUT2D eigenvalue weighted by atomic mass is 16.5. The molecule has 0 fully saturated rings. The molecule has 0 spiro atoms. The van der Waals surface area contributed by atoms with Gasteiger partial charge in [-0.15, -0.1) is 0 Å². The summed E-state index contributed by atoms with van der Waals surface area (Å²) in [5, 5.41) is 15.8. The molecular formula is C7H14O6. The van der Waals surface area contributed by atoms with E-state index in [0.717, 1.165) is 0 Å². The SMILES string of the molecule is COC(C)C(=O)O.COCC(=O)O. The Hall–Kier alpha value is -1.14. The van der Waals surface area contributed by atoms with E-state index in [0.29, 0.717) is 0 Å².